The van der Waals surface area contributed by atoms with Crippen LogP contribution in [0.2, 0.25) is 0 Å². The molecule has 25 heavy (non-hydrogen) atoms. The minimum Gasteiger partial charge on any atom is -0.469 e. The normalized spacial score (nSPS) is 24.2. The number of methoxy groups -OCH3 is 1. The lowest BCUT2D eigenvalue weighted by Crippen LogP contribution is -2.14. The van der Waals surface area contributed by atoms with Crippen LogP contribution in [0.4, 0.5) is 0 Å². The van der Waals surface area contributed by atoms with Crippen molar-refractivity contribution >= 4 is 11.8 Å². The Morgan fingerprint density at radius 1 is 1.40 bits per heavy atom. The molecule has 4 heteroatoms. The highest BCUT2D eigenvalue weighted by Crippen LogP contribution is 2.29. The molecule has 1 N–H and O–H groups in total. The van der Waals surface area contributed by atoms with Crippen LogP contribution in [0.1, 0.15) is 44.9 Å². The lowest BCUT2D eigenvalue weighted by molar-refractivity contribution is -0.140. The van der Waals surface area contributed by atoms with Crippen LogP contribution in [0.25, 0.3) is 0 Å². The lowest BCUT2D eigenvalue weighted by atomic mass is 9.96. The number of ether oxygens (including phenoxy) is 1. The summed E-state index contributed by atoms with van der Waals surface area (Å²) >= 11 is 0. The molecule has 0 bridgehead atoms. The van der Waals surface area contributed by atoms with E-state index < -0.39 is 6.10 Å². The molecule has 0 spiro atoms. The first-order valence-corrected chi connectivity index (χ1v) is 9.14. The van der Waals surface area contributed by atoms with Crippen molar-refractivity contribution in [2.45, 2.75) is 51.0 Å². The Hall–Kier alpha value is -1.94. The van der Waals surface area contributed by atoms with E-state index in [1.807, 2.05) is 36.5 Å². The number of allylic oxidation sites excluding steroid dienone is 7. The Morgan fingerprint density at radius 2 is 2.16 bits per heavy atom. The number of carbonyl (C=O) groups excluding carboxylic acids is 2. The number of hydrogen-bond acceptors (Lipinski definition) is 4. The zero-order valence-electron chi connectivity index (χ0n) is 14.9. The summed E-state index contributed by atoms with van der Waals surface area (Å²) in [4.78, 5) is 23.0. The van der Waals surface area contributed by atoms with E-state index in [4.69, 9.17) is 0 Å². The molecule has 1 fully saturated rings. The van der Waals surface area contributed by atoms with Crippen LogP contribution in [0.15, 0.2) is 48.1 Å². The number of carbonyl (C=O) groups is 2. The van der Waals surface area contributed by atoms with Crippen molar-refractivity contribution in [3.05, 3.63) is 48.1 Å². The van der Waals surface area contributed by atoms with E-state index in [9.17, 15) is 14.7 Å². The Balaban J connectivity index is 1.85. The van der Waals surface area contributed by atoms with E-state index in [0.29, 0.717) is 12.3 Å². The highest BCUT2D eigenvalue weighted by molar-refractivity contribution is 6.07. The molecule has 1 saturated carbocycles. The maximum Gasteiger partial charge on any atom is 0.305 e. The maximum absolute atomic E-state index is 12.0. The van der Waals surface area contributed by atoms with Gasteiger partial charge in [-0.05, 0) is 37.7 Å². The van der Waals surface area contributed by atoms with Gasteiger partial charge < -0.3 is 9.84 Å². The van der Waals surface area contributed by atoms with Gasteiger partial charge in [0.05, 0.1) is 13.2 Å². The molecule has 0 aromatic heterocycles. The second-order valence-electron chi connectivity index (χ2n) is 6.69. The maximum atomic E-state index is 12.0. The summed E-state index contributed by atoms with van der Waals surface area (Å²) in [7, 11) is 1.39. The quantitative estimate of drug-likeness (QED) is 0.316. The van der Waals surface area contributed by atoms with Gasteiger partial charge in [0.15, 0.2) is 5.78 Å². The topological polar surface area (TPSA) is 63.6 Å². The molecule has 0 amide bonds. The number of aliphatic hydroxyl groups is 1. The molecule has 0 saturated heterocycles. The third-order valence-corrected chi connectivity index (χ3v) is 4.89. The van der Waals surface area contributed by atoms with Gasteiger partial charge in [-0.1, -0.05) is 49.3 Å². The SMILES string of the molecule is COC(=O)CCC/C=C/C=C1\C(=O)C=CC1/C=C/C(O)C1CCCC1. The van der Waals surface area contributed by atoms with Gasteiger partial charge in [-0.25, -0.2) is 0 Å². The molecule has 0 radical (unpaired) electrons. The van der Waals surface area contributed by atoms with Crippen molar-refractivity contribution in [2.24, 2.45) is 11.8 Å². The highest BCUT2D eigenvalue weighted by Gasteiger charge is 2.23. The van der Waals surface area contributed by atoms with E-state index in [1.165, 1.54) is 20.0 Å². The van der Waals surface area contributed by atoms with Crippen molar-refractivity contribution in [3.63, 3.8) is 0 Å². The third kappa shape index (κ3) is 6.13. The molecule has 2 aliphatic rings. The molecule has 0 aliphatic heterocycles. The lowest BCUT2D eigenvalue weighted by Gasteiger charge is -2.14. The van der Waals surface area contributed by atoms with Crippen LogP contribution < -0.4 is 0 Å². The number of ketones is 1. The first-order valence-electron chi connectivity index (χ1n) is 9.14. The van der Waals surface area contributed by atoms with E-state index in [-0.39, 0.29) is 17.7 Å². The molecular formula is C21H28O4. The summed E-state index contributed by atoms with van der Waals surface area (Å²) in [6.45, 7) is 0. The summed E-state index contributed by atoms with van der Waals surface area (Å²) in [5.41, 5.74) is 0.721. The fourth-order valence-corrected chi connectivity index (χ4v) is 3.34. The monoisotopic (exact) mass is 344 g/mol. The first-order chi connectivity index (χ1) is 12.1. The molecule has 4 nitrogen and oxygen atoms in total. The zero-order chi connectivity index (χ0) is 18.1. The molecule has 2 rings (SSSR count). The largest absolute Gasteiger partial charge is 0.469 e. The second-order valence-corrected chi connectivity index (χ2v) is 6.69. The average molecular weight is 344 g/mol. The van der Waals surface area contributed by atoms with Gasteiger partial charge >= 0.3 is 5.97 Å². The number of unbranched alkanes of at least 4 members (excludes halogenated alkanes) is 1. The van der Waals surface area contributed by atoms with Crippen molar-refractivity contribution < 1.29 is 19.4 Å². The summed E-state index contributed by atoms with van der Waals surface area (Å²) in [6.07, 6.45) is 18.9. The highest BCUT2D eigenvalue weighted by atomic mass is 16.5. The van der Waals surface area contributed by atoms with Gasteiger partial charge in [0.25, 0.3) is 0 Å². The summed E-state index contributed by atoms with van der Waals surface area (Å²) < 4.78 is 4.59. The first kappa shape index (κ1) is 19.4. The Bertz CT molecular complexity index is 577. The predicted octanol–water partition coefficient (Wildman–Crippen LogP) is 3.67. The smallest absolute Gasteiger partial charge is 0.305 e. The summed E-state index contributed by atoms with van der Waals surface area (Å²) in [6, 6.07) is 0. The van der Waals surface area contributed by atoms with Crippen LogP contribution in [0, 0.1) is 11.8 Å². The fraction of sp³-hybridized carbons (Fsp3) is 0.524. The third-order valence-electron chi connectivity index (χ3n) is 4.89. The molecule has 0 heterocycles. The zero-order valence-corrected chi connectivity index (χ0v) is 14.9. The van der Waals surface area contributed by atoms with E-state index in [1.54, 1.807) is 6.08 Å². The van der Waals surface area contributed by atoms with E-state index in [0.717, 1.165) is 31.3 Å². The van der Waals surface area contributed by atoms with Crippen molar-refractivity contribution in [3.8, 4) is 0 Å². The minimum atomic E-state index is -0.415. The van der Waals surface area contributed by atoms with Gasteiger partial charge in [-0.2, -0.15) is 0 Å². The number of aliphatic hydroxyl groups excluding tert-OH is 1. The standard InChI is InChI=1S/C21H28O4/c1-25-21(24)11-5-3-2-4-10-18-16(13-15-20(18)23)12-14-19(22)17-8-6-7-9-17/h2,4,10,12-17,19,22H,3,5-9,11H2,1H3/b4-2+,14-12+,18-10-. The van der Waals surface area contributed by atoms with E-state index >= 15 is 0 Å². The Morgan fingerprint density at radius 3 is 2.88 bits per heavy atom. The van der Waals surface area contributed by atoms with Gasteiger partial charge in [0, 0.05) is 17.9 Å². The van der Waals surface area contributed by atoms with Gasteiger partial charge in [0.2, 0.25) is 0 Å². The van der Waals surface area contributed by atoms with Crippen molar-refractivity contribution in [2.75, 3.05) is 7.11 Å². The van der Waals surface area contributed by atoms with E-state index in [2.05, 4.69) is 4.74 Å². The average Bonchev–Trinajstić information content (AvgIpc) is 3.26. The van der Waals surface area contributed by atoms with Gasteiger partial charge in [0.1, 0.15) is 0 Å². The molecular weight excluding hydrogens is 316 g/mol. The van der Waals surface area contributed by atoms with Crippen LogP contribution in [-0.2, 0) is 14.3 Å². The van der Waals surface area contributed by atoms with Crippen molar-refractivity contribution in [1.29, 1.82) is 0 Å². The number of hydrogen-bond donors (Lipinski definition) is 1. The van der Waals surface area contributed by atoms with Crippen molar-refractivity contribution in [1.82, 2.24) is 0 Å². The van der Waals surface area contributed by atoms with Crippen LogP contribution in [-0.4, -0.2) is 30.1 Å². The fourth-order valence-electron chi connectivity index (χ4n) is 3.34. The predicted molar refractivity (Wildman–Crippen MR) is 97.8 cm³/mol. The number of esters is 1. The molecule has 136 valence electrons. The van der Waals surface area contributed by atoms with Gasteiger partial charge in [-0.15, -0.1) is 0 Å². The van der Waals surface area contributed by atoms with Crippen LogP contribution in [0.5, 0.6) is 0 Å². The minimum absolute atomic E-state index is 0.0178. The summed E-state index contributed by atoms with van der Waals surface area (Å²) in [5.74, 6) is 0.111. The molecule has 0 aromatic rings. The number of rotatable bonds is 8. The molecule has 2 unspecified atom stereocenters. The molecule has 2 aliphatic carbocycles. The van der Waals surface area contributed by atoms with Crippen LogP contribution >= 0.6 is 0 Å². The van der Waals surface area contributed by atoms with Gasteiger partial charge in [-0.3, -0.25) is 9.59 Å². The van der Waals surface area contributed by atoms with Crippen LogP contribution in [0.3, 0.4) is 0 Å². The Labute approximate surface area is 149 Å². The Kier molecular flexibility index (Phi) is 7.86. The second kappa shape index (κ2) is 10.1. The molecule has 0 aromatic carbocycles. The molecule has 2 atom stereocenters. The summed E-state index contributed by atoms with van der Waals surface area (Å²) in [5, 5.41) is 10.2.